The molecule has 27 heavy (non-hydrogen) atoms. The third-order valence-electron chi connectivity index (χ3n) is 6.10. The minimum Gasteiger partial charge on any atom is -0.331 e. The van der Waals surface area contributed by atoms with Crippen molar-refractivity contribution in [3.05, 3.63) is 58.2 Å². The van der Waals surface area contributed by atoms with Crippen molar-refractivity contribution in [1.82, 2.24) is 24.0 Å². The normalized spacial score (nSPS) is 20.3. The lowest BCUT2D eigenvalue weighted by molar-refractivity contribution is 0.228. The van der Waals surface area contributed by atoms with E-state index in [1.807, 2.05) is 37.5 Å². The predicted octanol–water partition coefficient (Wildman–Crippen LogP) is 2.80. The molecular weight excluding hydrogens is 338 g/mol. The molecule has 0 amide bonds. The second kappa shape index (κ2) is 6.60. The fraction of sp³-hybridized carbons (Fsp3) is 0.476. The average Bonchev–Trinajstić information content (AvgIpc) is 3.32. The number of aromatic nitrogens is 4. The largest absolute Gasteiger partial charge is 0.331 e. The maximum atomic E-state index is 12.8. The molecule has 2 aliphatic heterocycles. The first kappa shape index (κ1) is 16.7. The molecule has 0 bridgehead atoms. The Bertz CT molecular complexity index is 1050. The number of benzene rings is 1. The zero-order chi connectivity index (χ0) is 18.4. The van der Waals surface area contributed by atoms with Gasteiger partial charge in [-0.3, -0.25) is 14.3 Å². The molecule has 2 aliphatic rings. The third kappa shape index (κ3) is 2.79. The highest BCUT2D eigenvalue weighted by Gasteiger charge is 2.30. The van der Waals surface area contributed by atoms with Crippen LogP contribution >= 0.6 is 0 Å². The van der Waals surface area contributed by atoms with E-state index in [1.54, 1.807) is 4.57 Å². The topological polar surface area (TPSA) is 56.0 Å². The van der Waals surface area contributed by atoms with Gasteiger partial charge in [0.05, 0.1) is 22.6 Å². The Labute approximate surface area is 158 Å². The monoisotopic (exact) mass is 363 g/mol. The van der Waals surface area contributed by atoms with Gasteiger partial charge in [-0.05, 0) is 44.4 Å². The van der Waals surface area contributed by atoms with Crippen LogP contribution in [-0.2, 0) is 26.6 Å². The average molecular weight is 363 g/mol. The fourth-order valence-corrected chi connectivity index (χ4v) is 4.65. The molecule has 1 saturated heterocycles. The van der Waals surface area contributed by atoms with Crippen LogP contribution in [-0.4, -0.2) is 30.5 Å². The van der Waals surface area contributed by atoms with Crippen molar-refractivity contribution >= 4 is 10.9 Å². The minimum atomic E-state index is 0.0455. The number of imidazole rings is 1. The molecular formula is C21H25N5O. The summed E-state index contributed by atoms with van der Waals surface area (Å²) in [6, 6.07) is 7.83. The lowest BCUT2D eigenvalue weighted by Gasteiger charge is -2.26. The van der Waals surface area contributed by atoms with Crippen LogP contribution in [0.25, 0.3) is 10.9 Å². The second-order valence-corrected chi connectivity index (χ2v) is 7.75. The van der Waals surface area contributed by atoms with E-state index < -0.39 is 0 Å². The van der Waals surface area contributed by atoms with Gasteiger partial charge in [0.2, 0.25) is 0 Å². The zero-order valence-corrected chi connectivity index (χ0v) is 15.8. The van der Waals surface area contributed by atoms with E-state index in [1.165, 1.54) is 24.4 Å². The van der Waals surface area contributed by atoms with Gasteiger partial charge in [0.15, 0.2) is 0 Å². The molecule has 0 spiro atoms. The number of hydrogen-bond acceptors (Lipinski definition) is 4. The minimum absolute atomic E-state index is 0.0455. The van der Waals surface area contributed by atoms with Gasteiger partial charge in [0.25, 0.3) is 5.56 Å². The van der Waals surface area contributed by atoms with Crippen molar-refractivity contribution in [2.24, 2.45) is 7.05 Å². The van der Waals surface area contributed by atoms with Crippen molar-refractivity contribution in [1.29, 1.82) is 0 Å². The van der Waals surface area contributed by atoms with E-state index in [-0.39, 0.29) is 11.6 Å². The Morgan fingerprint density at radius 1 is 1.15 bits per heavy atom. The van der Waals surface area contributed by atoms with Gasteiger partial charge in [-0.1, -0.05) is 12.1 Å². The summed E-state index contributed by atoms with van der Waals surface area (Å²) in [6.45, 7) is 2.99. The summed E-state index contributed by atoms with van der Waals surface area (Å²) < 4.78 is 4.14. The summed E-state index contributed by atoms with van der Waals surface area (Å²) in [4.78, 5) is 24.8. The Morgan fingerprint density at radius 3 is 2.96 bits per heavy atom. The number of aryl methyl sites for hydroxylation is 1. The molecule has 0 aliphatic carbocycles. The number of para-hydroxylation sites is 1. The van der Waals surface area contributed by atoms with Gasteiger partial charge in [0.1, 0.15) is 11.6 Å². The van der Waals surface area contributed by atoms with E-state index in [9.17, 15) is 4.79 Å². The summed E-state index contributed by atoms with van der Waals surface area (Å²) in [5.41, 5.74) is 2.13. The third-order valence-corrected chi connectivity index (χ3v) is 6.10. The van der Waals surface area contributed by atoms with Crippen molar-refractivity contribution in [3.8, 4) is 0 Å². The first-order chi connectivity index (χ1) is 13.2. The molecule has 6 nitrogen and oxygen atoms in total. The lowest BCUT2D eigenvalue weighted by Crippen LogP contribution is -2.31. The first-order valence-corrected chi connectivity index (χ1v) is 9.95. The number of rotatable bonds is 3. The van der Waals surface area contributed by atoms with E-state index in [0.717, 1.165) is 50.2 Å². The summed E-state index contributed by atoms with van der Waals surface area (Å²) >= 11 is 0. The number of fused-ring (bicyclic) bond motifs is 2. The van der Waals surface area contributed by atoms with Crippen molar-refractivity contribution < 1.29 is 0 Å². The molecule has 0 saturated carbocycles. The number of likely N-dealkylation sites (tertiary alicyclic amines) is 1. The van der Waals surface area contributed by atoms with Gasteiger partial charge in [-0.25, -0.2) is 9.97 Å². The van der Waals surface area contributed by atoms with Gasteiger partial charge in [0, 0.05) is 32.8 Å². The van der Waals surface area contributed by atoms with Crippen LogP contribution in [0.15, 0.2) is 35.3 Å². The van der Waals surface area contributed by atoms with Crippen LogP contribution in [0.5, 0.6) is 0 Å². The maximum Gasteiger partial charge on any atom is 0.261 e. The highest BCUT2D eigenvalue weighted by atomic mass is 16.1. The van der Waals surface area contributed by atoms with Gasteiger partial charge < -0.3 is 4.57 Å². The summed E-state index contributed by atoms with van der Waals surface area (Å²) in [5, 5.41) is 0.693. The first-order valence-electron chi connectivity index (χ1n) is 9.95. The highest BCUT2D eigenvalue weighted by Crippen LogP contribution is 2.32. The Morgan fingerprint density at radius 2 is 2.04 bits per heavy atom. The van der Waals surface area contributed by atoms with E-state index in [0.29, 0.717) is 5.39 Å². The Hall–Kier alpha value is -2.47. The Kier molecular flexibility index (Phi) is 4.08. The molecule has 4 heterocycles. The van der Waals surface area contributed by atoms with E-state index in [4.69, 9.17) is 4.98 Å². The Balaban J connectivity index is 1.50. The second-order valence-electron chi connectivity index (χ2n) is 7.75. The van der Waals surface area contributed by atoms with Crippen molar-refractivity contribution in [2.75, 3.05) is 6.54 Å². The molecule has 6 heteroatoms. The molecule has 2 aromatic heterocycles. The van der Waals surface area contributed by atoms with Crippen molar-refractivity contribution in [3.63, 3.8) is 0 Å². The smallest absolute Gasteiger partial charge is 0.261 e. The van der Waals surface area contributed by atoms with Crippen LogP contribution in [0.1, 0.15) is 49.1 Å². The maximum absolute atomic E-state index is 12.8. The van der Waals surface area contributed by atoms with E-state index in [2.05, 4.69) is 14.5 Å². The van der Waals surface area contributed by atoms with Gasteiger partial charge in [-0.15, -0.1) is 0 Å². The van der Waals surface area contributed by atoms with Crippen LogP contribution < -0.4 is 5.56 Å². The summed E-state index contributed by atoms with van der Waals surface area (Å²) in [5.74, 6) is 2.11. The molecule has 0 N–H and O–H groups in total. The standard InChI is InChI=1S/C21H25N5O/c1-24-20(23-17-8-3-2-7-16(17)21(24)27)18-9-6-11-25(18)14-15-13-22-19-10-4-5-12-26(15)19/h2-3,7-8,13,18H,4-6,9-12,14H2,1H3. The molecule has 3 aromatic rings. The molecule has 1 unspecified atom stereocenters. The number of hydrogen-bond donors (Lipinski definition) is 0. The van der Waals surface area contributed by atoms with E-state index >= 15 is 0 Å². The van der Waals surface area contributed by atoms with Crippen LogP contribution in [0.2, 0.25) is 0 Å². The molecule has 140 valence electrons. The van der Waals surface area contributed by atoms with Crippen LogP contribution in [0.3, 0.4) is 0 Å². The van der Waals surface area contributed by atoms with Gasteiger partial charge in [-0.2, -0.15) is 0 Å². The quantitative estimate of drug-likeness (QED) is 0.718. The SMILES string of the molecule is Cn1c(C2CCCN2Cc2cnc3n2CCCC3)nc2ccccc2c1=O. The van der Waals surface area contributed by atoms with Crippen LogP contribution in [0, 0.1) is 0 Å². The van der Waals surface area contributed by atoms with Gasteiger partial charge >= 0.3 is 0 Å². The molecule has 5 rings (SSSR count). The van der Waals surface area contributed by atoms with Crippen molar-refractivity contribution in [2.45, 2.75) is 51.2 Å². The molecule has 1 fully saturated rings. The lowest BCUT2D eigenvalue weighted by atomic mass is 10.1. The zero-order valence-electron chi connectivity index (χ0n) is 15.8. The summed E-state index contributed by atoms with van der Waals surface area (Å²) in [7, 11) is 1.86. The van der Waals surface area contributed by atoms with Crippen LogP contribution in [0.4, 0.5) is 0 Å². The summed E-state index contributed by atoms with van der Waals surface area (Å²) in [6.07, 6.45) is 7.79. The predicted molar refractivity (Wildman–Crippen MR) is 105 cm³/mol. The molecule has 1 atom stereocenters. The molecule has 1 aromatic carbocycles. The number of nitrogens with zero attached hydrogens (tertiary/aromatic N) is 5. The molecule has 0 radical (unpaired) electrons. The fourth-order valence-electron chi connectivity index (χ4n) is 4.65. The highest BCUT2D eigenvalue weighted by molar-refractivity contribution is 5.77.